The summed E-state index contributed by atoms with van der Waals surface area (Å²) in [5, 5.41) is 0. The van der Waals surface area contributed by atoms with Crippen LogP contribution < -0.4 is 0 Å². The number of fused-ring (bicyclic) bond motifs is 8. The van der Waals surface area contributed by atoms with Crippen molar-refractivity contribution in [1.82, 2.24) is 15.0 Å². The molecule has 11 rings (SSSR count). The van der Waals surface area contributed by atoms with Gasteiger partial charge in [-0.05, 0) is 110 Å². The van der Waals surface area contributed by atoms with E-state index in [1.807, 2.05) is 60.7 Å². The van der Waals surface area contributed by atoms with Gasteiger partial charge in [-0.25, -0.2) is 15.0 Å². The predicted molar refractivity (Wildman–Crippen MR) is 234 cm³/mol. The maximum Gasteiger partial charge on any atom is 0.164 e. The van der Waals surface area contributed by atoms with E-state index >= 15 is 0 Å². The van der Waals surface area contributed by atoms with Crippen molar-refractivity contribution in [2.75, 3.05) is 0 Å². The Bertz CT molecular complexity index is 2790. The highest BCUT2D eigenvalue weighted by atomic mass is 15.0. The van der Waals surface area contributed by atoms with E-state index < -0.39 is 0 Å². The molecule has 1 heterocycles. The quantitative estimate of drug-likeness (QED) is 0.177. The van der Waals surface area contributed by atoms with Gasteiger partial charge in [-0.2, -0.15) is 0 Å². The second-order valence-corrected chi connectivity index (χ2v) is 16.7. The molecule has 7 aromatic carbocycles. The molecule has 3 aliphatic rings. The van der Waals surface area contributed by atoms with Crippen LogP contribution in [0, 0.1) is 0 Å². The summed E-state index contributed by atoms with van der Waals surface area (Å²) in [4.78, 5) is 14.9. The van der Waals surface area contributed by atoms with Gasteiger partial charge in [-0.1, -0.05) is 167 Å². The Morgan fingerprint density at radius 2 is 0.807 bits per heavy atom. The minimum Gasteiger partial charge on any atom is -0.208 e. The first kappa shape index (κ1) is 33.9. The fourth-order valence-corrected chi connectivity index (χ4v) is 10.2. The van der Waals surface area contributed by atoms with Crippen molar-refractivity contribution in [3.8, 4) is 78.7 Å². The zero-order chi connectivity index (χ0) is 38.1. The van der Waals surface area contributed by atoms with E-state index in [0.29, 0.717) is 17.5 Å². The molecule has 274 valence electrons. The lowest BCUT2D eigenvalue weighted by molar-refractivity contribution is 0.353. The fraction of sp³-hybridized carbons (Fsp3) is 0.167. The van der Waals surface area contributed by atoms with Crippen LogP contribution in [0.2, 0.25) is 0 Å². The van der Waals surface area contributed by atoms with Crippen molar-refractivity contribution in [2.24, 2.45) is 0 Å². The van der Waals surface area contributed by atoms with Gasteiger partial charge < -0.3 is 0 Å². The van der Waals surface area contributed by atoms with Gasteiger partial charge in [0, 0.05) is 27.5 Å². The number of nitrogens with zero attached hydrogens (tertiary/aromatic N) is 3. The largest absolute Gasteiger partial charge is 0.208 e. The monoisotopic (exact) mass is 733 g/mol. The third-order valence-electron chi connectivity index (χ3n) is 13.1. The van der Waals surface area contributed by atoms with E-state index in [0.717, 1.165) is 27.8 Å². The molecular weight excluding hydrogens is 691 g/mol. The van der Waals surface area contributed by atoms with E-state index in [1.165, 1.54) is 76.6 Å². The van der Waals surface area contributed by atoms with Crippen molar-refractivity contribution in [1.29, 1.82) is 0 Å². The van der Waals surface area contributed by atoms with Crippen LogP contribution in [0.3, 0.4) is 0 Å². The molecule has 0 atom stereocenters. The standard InChI is InChI=1S/C54H43N3/c1-53(2)46-27-26-40(32-43(46)45-34-49-44(33-48(45)53)42-24-10-11-25-47(42)54(49)28-12-5-13-29-54)38-21-14-20-37(30-38)39-22-15-23-41(31-39)52-56-50(35-16-6-3-7-17-35)55-51(57-52)36-18-8-4-9-19-36/h3-4,6-11,14-27,30-34H,5,12-13,28-29H2,1-2H3. The normalized spacial score (nSPS) is 15.5. The van der Waals surface area contributed by atoms with Crippen molar-refractivity contribution in [2.45, 2.75) is 56.8 Å². The average Bonchev–Trinajstić information content (AvgIpc) is 3.66. The highest BCUT2D eigenvalue weighted by Crippen LogP contribution is 2.60. The molecule has 3 aliphatic carbocycles. The van der Waals surface area contributed by atoms with Crippen LogP contribution in [0.5, 0.6) is 0 Å². The summed E-state index contributed by atoms with van der Waals surface area (Å²) in [6.45, 7) is 4.82. The summed E-state index contributed by atoms with van der Waals surface area (Å²) >= 11 is 0. The van der Waals surface area contributed by atoms with E-state index in [-0.39, 0.29) is 10.8 Å². The van der Waals surface area contributed by atoms with Gasteiger partial charge in [0.15, 0.2) is 17.5 Å². The summed E-state index contributed by atoms with van der Waals surface area (Å²) in [6, 6.07) is 59.5. The van der Waals surface area contributed by atoms with Gasteiger partial charge in [0.1, 0.15) is 0 Å². The van der Waals surface area contributed by atoms with Crippen LogP contribution in [0.15, 0.2) is 164 Å². The Labute approximate surface area is 335 Å². The van der Waals surface area contributed by atoms with Crippen molar-refractivity contribution < 1.29 is 0 Å². The summed E-state index contributed by atoms with van der Waals surface area (Å²) < 4.78 is 0. The molecule has 1 spiro atoms. The second kappa shape index (κ2) is 13.1. The van der Waals surface area contributed by atoms with Crippen LogP contribution in [-0.4, -0.2) is 15.0 Å². The lowest BCUT2D eigenvalue weighted by Crippen LogP contribution is -2.28. The molecule has 0 unspecified atom stereocenters. The molecule has 1 aromatic heterocycles. The smallest absolute Gasteiger partial charge is 0.164 e. The molecule has 8 aromatic rings. The van der Waals surface area contributed by atoms with E-state index in [4.69, 9.17) is 15.0 Å². The molecule has 0 amide bonds. The Morgan fingerprint density at radius 3 is 1.46 bits per heavy atom. The Morgan fingerprint density at radius 1 is 0.333 bits per heavy atom. The Kier molecular flexibility index (Phi) is 7.76. The highest BCUT2D eigenvalue weighted by molar-refractivity contribution is 5.91. The second-order valence-electron chi connectivity index (χ2n) is 16.7. The van der Waals surface area contributed by atoms with Crippen LogP contribution in [0.25, 0.3) is 78.7 Å². The predicted octanol–water partition coefficient (Wildman–Crippen LogP) is 13.7. The topological polar surface area (TPSA) is 38.7 Å². The number of rotatable bonds is 5. The van der Waals surface area contributed by atoms with Crippen LogP contribution in [0.4, 0.5) is 0 Å². The zero-order valence-corrected chi connectivity index (χ0v) is 32.5. The Balaban J connectivity index is 0.978. The number of hydrogen-bond donors (Lipinski definition) is 0. The summed E-state index contributed by atoms with van der Waals surface area (Å²) in [5.41, 5.74) is 19.4. The third-order valence-corrected chi connectivity index (χ3v) is 13.1. The lowest BCUT2D eigenvalue weighted by atomic mass is 9.67. The molecule has 3 nitrogen and oxygen atoms in total. The first-order chi connectivity index (χ1) is 28.0. The van der Waals surface area contributed by atoms with Gasteiger partial charge in [0.05, 0.1) is 0 Å². The molecule has 1 fully saturated rings. The molecule has 0 aliphatic heterocycles. The third kappa shape index (κ3) is 5.44. The van der Waals surface area contributed by atoms with Crippen molar-refractivity contribution >= 4 is 0 Å². The first-order valence-electron chi connectivity index (χ1n) is 20.5. The van der Waals surface area contributed by atoms with E-state index in [1.54, 1.807) is 11.1 Å². The number of aromatic nitrogens is 3. The molecule has 1 saturated carbocycles. The van der Waals surface area contributed by atoms with Gasteiger partial charge in [0.2, 0.25) is 0 Å². The molecule has 57 heavy (non-hydrogen) atoms. The van der Waals surface area contributed by atoms with Gasteiger partial charge in [-0.15, -0.1) is 0 Å². The summed E-state index contributed by atoms with van der Waals surface area (Å²) in [5.74, 6) is 1.98. The molecule has 0 N–H and O–H groups in total. The van der Waals surface area contributed by atoms with Gasteiger partial charge in [0.25, 0.3) is 0 Å². The lowest BCUT2D eigenvalue weighted by Gasteiger charge is -2.36. The van der Waals surface area contributed by atoms with Crippen LogP contribution >= 0.6 is 0 Å². The number of benzene rings is 7. The highest BCUT2D eigenvalue weighted by Gasteiger charge is 2.46. The van der Waals surface area contributed by atoms with Crippen molar-refractivity contribution in [3.05, 3.63) is 186 Å². The summed E-state index contributed by atoms with van der Waals surface area (Å²) in [6.07, 6.45) is 6.44. The fourth-order valence-electron chi connectivity index (χ4n) is 10.2. The molecule has 0 saturated heterocycles. The maximum atomic E-state index is 5.00. The van der Waals surface area contributed by atoms with E-state index in [2.05, 4.69) is 117 Å². The number of hydrogen-bond acceptors (Lipinski definition) is 3. The van der Waals surface area contributed by atoms with Gasteiger partial charge in [-0.3, -0.25) is 0 Å². The molecular formula is C54H43N3. The molecule has 0 bridgehead atoms. The Hall–Kier alpha value is -6.45. The molecule has 3 heteroatoms. The van der Waals surface area contributed by atoms with Crippen LogP contribution in [0.1, 0.15) is 68.2 Å². The maximum absolute atomic E-state index is 5.00. The van der Waals surface area contributed by atoms with Crippen LogP contribution in [-0.2, 0) is 10.8 Å². The summed E-state index contributed by atoms with van der Waals surface area (Å²) in [7, 11) is 0. The minimum atomic E-state index is -0.0758. The average molecular weight is 734 g/mol. The van der Waals surface area contributed by atoms with E-state index in [9.17, 15) is 0 Å². The first-order valence-corrected chi connectivity index (χ1v) is 20.5. The molecule has 0 radical (unpaired) electrons. The minimum absolute atomic E-state index is 0.0758. The zero-order valence-electron chi connectivity index (χ0n) is 32.5. The van der Waals surface area contributed by atoms with Gasteiger partial charge >= 0.3 is 0 Å². The van der Waals surface area contributed by atoms with Crippen molar-refractivity contribution in [3.63, 3.8) is 0 Å². The SMILES string of the molecule is CC1(C)c2ccc(-c3cccc(-c4cccc(-c5nc(-c6ccccc6)nc(-c6ccccc6)n5)c4)c3)cc2-c2cc3c(cc21)-c1ccccc1C31CCCCC1.